The Labute approximate surface area is 164 Å². The highest BCUT2D eigenvalue weighted by atomic mass is 16.3. The number of phenols is 1. The monoisotopic (exact) mass is 379 g/mol. The van der Waals surface area contributed by atoms with E-state index in [0.29, 0.717) is 38.5 Å². The predicted molar refractivity (Wildman–Crippen MR) is 104 cm³/mol. The molecule has 0 radical (unpaired) electrons. The zero-order chi connectivity index (χ0) is 19.5. The average Bonchev–Trinajstić information content (AvgIpc) is 3.08. The number of nitrogens with zero attached hydrogens (tertiary/aromatic N) is 3. The third kappa shape index (κ3) is 4.01. The van der Waals surface area contributed by atoms with Crippen molar-refractivity contribution in [3.63, 3.8) is 0 Å². The maximum absolute atomic E-state index is 12.9. The van der Waals surface area contributed by atoms with Crippen molar-refractivity contribution in [2.24, 2.45) is 5.92 Å². The first-order valence-electron chi connectivity index (χ1n) is 9.84. The fraction of sp³-hybridized carbons (Fsp3) is 0.409. The molecule has 3 heterocycles. The first kappa shape index (κ1) is 18.5. The van der Waals surface area contributed by atoms with Gasteiger partial charge in [-0.1, -0.05) is 12.1 Å². The van der Waals surface area contributed by atoms with Crippen LogP contribution in [0, 0.1) is 5.92 Å². The van der Waals surface area contributed by atoms with Crippen LogP contribution >= 0.6 is 0 Å². The second kappa shape index (κ2) is 8.00. The van der Waals surface area contributed by atoms with Crippen LogP contribution in [0.3, 0.4) is 0 Å². The topological polar surface area (TPSA) is 73.7 Å². The summed E-state index contributed by atoms with van der Waals surface area (Å²) in [5.41, 5.74) is 2.16. The molecule has 2 saturated heterocycles. The van der Waals surface area contributed by atoms with E-state index in [2.05, 4.69) is 4.98 Å². The Balaban J connectivity index is 1.32. The lowest BCUT2D eigenvalue weighted by Gasteiger charge is -2.33. The van der Waals surface area contributed by atoms with Gasteiger partial charge in [0.25, 0.3) is 0 Å². The SMILES string of the molecule is O=C1CC(C(=O)N2CCC(c3cccc(O)c3)CC2)CN1Cc1ccncc1. The molecular formula is C22H25N3O3. The van der Waals surface area contributed by atoms with E-state index in [4.69, 9.17) is 0 Å². The van der Waals surface area contributed by atoms with E-state index in [1.165, 1.54) is 0 Å². The van der Waals surface area contributed by atoms with Crippen molar-refractivity contribution in [1.82, 2.24) is 14.8 Å². The van der Waals surface area contributed by atoms with Crippen LogP contribution in [0.25, 0.3) is 0 Å². The highest BCUT2D eigenvalue weighted by molar-refractivity contribution is 5.89. The first-order chi connectivity index (χ1) is 13.6. The maximum Gasteiger partial charge on any atom is 0.227 e. The van der Waals surface area contributed by atoms with Crippen molar-refractivity contribution in [1.29, 1.82) is 0 Å². The smallest absolute Gasteiger partial charge is 0.227 e. The van der Waals surface area contributed by atoms with Gasteiger partial charge in [-0.05, 0) is 54.2 Å². The number of benzene rings is 1. The van der Waals surface area contributed by atoms with Gasteiger partial charge in [-0.3, -0.25) is 14.6 Å². The van der Waals surface area contributed by atoms with E-state index in [-0.39, 0.29) is 23.5 Å². The first-order valence-corrected chi connectivity index (χ1v) is 9.84. The van der Waals surface area contributed by atoms with E-state index in [9.17, 15) is 14.7 Å². The van der Waals surface area contributed by atoms with Crippen molar-refractivity contribution in [2.75, 3.05) is 19.6 Å². The van der Waals surface area contributed by atoms with Crippen LogP contribution in [0.4, 0.5) is 0 Å². The van der Waals surface area contributed by atoms with E-state index >= 15 is 0 Å². The molecule has 0 aliphatic carbocycles. The van der Waals surface area contributed by atoms with Crippen molar-refractivity contribution < 1.29 is 14.7 Å². The quantitative estimate of drug-likeness (QED) is 0.886. The summed E-state index contributed by atoms with van der Waals surface area (Å²) in [6.07, 6.45) is 5.51. The standard InChI is InChI=1S/C22H25N3O3/c26-20-3-1-2-18(12-20)17-6-10-24(11-7-17)22(28)19-13-21(27)25(15-19)14-16-4-8-23-9-5-16/h1-5,8-9,12,17,19,26H,6-7,10-11,13-15H2. The molecule has 1 N–H and O–H groups in total. The Morgan fingerprint density at radius 3 is 2.61 bits per heavy atom. The number of pyridine rings is 1. The second-order valence-electron chi connectivity index (χ2n) is 7.73. The molecule has 1 atom stereocenters. The summed E-state index contributed by atoms with van der Waals surface area (Å²) in [5.74, 6) is 0.552. The number of likely N-dealkylation sites (tertiary alicyclic amines) is 2. The Bertz CT molecular complexity index is 847. The Kier molecular flexibility index (Phi) is 5.28. The molecule has 4 rings (SSSR count). The van der Waals surface area contributed by atoms with Gasteiger partial charge in [-0.2, -0.15) is 0 Å². The number of carbonyl (C=O) groups excluding carboxylic acids is 2. The van der Waals surface area contributed by atoms with Gasteiger partial charge in [-0.25, -0.2) is 0 Å². The minimum Gasteiger partial charge on any atom is -0.508 e. The zero-order valence-electron chi connectivity index (χ0n) is 15.8. The van der Waals surface area contributed by atoms with Crippen molar-refractivity contribution in [2.45, 2.75) is 31.7 Å². The molecule has 2 aliphatic rings. The van der Waals surface area contributed by atoms with Gasteiger partial charge in [0.05, 0.1) is 5.92 Å². The summed E-state index contributed by atoms with van der Waals surface area (Å²) < 4.78 is 0. The number of aromatic nitrogens is 1. The van der Waals surface area contributed by atoms with Gasteiger partial charge < -0.3 is 14.9 Å². The second-order valence-corrected chi connectivity index (χ2v) is 7.73. The lowest BCUT2D eigenvalue weighted by Crippen LogP contribution is -2.42. The highest BCUT2D eigenvalue weighted by Gasteiger charge is 2.37. The lowest BCUT2D eigenvalue weighted by atomic mass is 9.89. The highest BCUT2D eigenvalue weighted by Crippen LogP contribution is 2.31. The van der Waals surface area contributed by atoms with Crippen molar-refractivity contribution in [3.05, 3.63) is 59.9 Å². The number of piperidine rings is 1. The number of amides is 2. The number of rotatable bonds is 4. The number of carbonyl (C=O) groups is 2. The summed E-state index contributed by atoms with van der Waals surface area (Å²) in [6.45, 7) is 2.43. The van der Waals surface area contributed by atoms with Gasteiger partial charge in [0.2, 0.25) is 11.8 Å². The van der Waals surface area contributed by atoms with Crippen molar-refractivity contribution >= 4 is 11.8 Å². The Morgan fingerprint density at radius 2 is 1.89 bits per heavy atom. The van der Waals surface area contributed by atoms with Gasteiger partial charge in [0, 0.05) is 45.0 Å². The van der Waals surface area contributed by atoms with Crippen LogP contribution in [0.2, 0.25) is 0 Å². The molecule has 1 aromatic heterocycles. The summed E-state index contributed by atoms with van der Waals surface area (Å²) >= 11 is 0. The number of phenolic OH excluding ortho intramolecular Hbond substituents is 1. The van der Waals surface area contributed by atoms with Gasteiger partial charge in [0.15, 0.2) is 0 Å². The summed E-state index contributed by atoms with van der Waals surface area (Å²) in [5, 5.41) is 9.68. The fourth-order valence-corrected chi connectivity index (χ4v) is 4.27. The minimum absolute atomic E-state index is 0.0461. The van der Waals surface area contributed by atoms with Crippen LogP contribution < -0.4 is 0 Å². The van der Waals surface area contributed by atoms with E-state index < -0.39 is 0 Å². The molecule has 28 heavy (non-hydrogen) atoms. The molecule has 146 valence electrons. The Morgan fingerprint density at radius 1 is 1.14 bits per heavy atom. The van der Waals surface area contributed by atoms with E-state index in [1.807, 2.05) is 35.2 Å². The van der Waals surface area contributed by atoms with Gasteiger partial charge in [-0.15, -0.1) is 0 Å². The average molecular weight is 379 g/mol. The predicted octanol–water partition coefficient (Wildman–Crippen LogP) is 2.54. The minimum atomic E-state index is -0.244. The molecule has 0 bridgehead atoms. The van der Waals surface area contributed by atoms with Crippen LogP contribution in [-0.4, -0.2) is 51.3 Å². The molecular weight excluding hydrogens is 354 g/mol. The lowest BCUT2D eigenvalue weighted by molar-refractivity contribution is -0.136. The van der Waals surface area contributed by atoms with Crippen molar-refractivity contribution in [3.8, 4) is 5.75 Å². The molecule has 1 unspecified atom stereocenters. The van der Waals surface area contributed by atoms with Crippen LogP contribution in [-0.2, 0) is 16.1 Å². The zero-order valence-corrected chi connectivity index (χ0v) is 15.8. The number of hydrogen-bond donors (Lipinski definition) is 1. The largest absolute Gasteiger partial charge is 0.508 e. The summed E-state index contributed by atoms with van der Waals surface area (Å²) in [4.78, 5) is 33.0. The Hall–Kier alpha value is -2.89. The molecule has 6 heteroatoms. The maximum atomic E-state index is 12.9. The third-order valence-corrected chi connectivity index (χ3v) is 5.83. The molecule has 2 aliphatic heterocycles. The van der Waals surface area contributed by atoms with Crippen LogP contribution in [0.1, 0.15) is 36.3 Å². The molecule has 2 aromatic rings. The summed E-state index contributed by atoms with van der Waals surface area (Å²) in [7, 11) is 0. The van der Waals surface area contributed by atoms with E-state index in [1.54, 1.807) is 23.4 Å². The molecule has 0 saturated carbocycles. The van der Waals surface area contributed by atoms with Gasteiger partial charge in [0.1, 0.15) is 5.75 Å². The van der Waals surface area contributed by atoms with Crippen LogP contribution in [0.5, 0.6) is 5.75 Å². The fourth-order valence-electron chi connectivity index (χ4n) is 4.27. The summed E-state index contributed by atoms with van der Waals surface area (Å²) in [6, 6.07) is 11.2. The molecule has 6 nitrogen and oxygen atoms in total. The molecule has 0 spiro atoms. The van der Waals surface area contributed by atoms with Gasteiger partial charge >= 0.3 is 0 Å². The third-order valence-electron chi connectivity index (χ3n) is 5.83. The molecule has 2 fully saturated rings. The number of hydrogen-bond acceptors (Lipinski definition) is 4. The normalized spacial score (nSPS) is 20.6. The van der Waals surface area contributed by atoms with Crippen LogP contribution in [0.15, 0.2) is 48.8 Å². The molecule has 1 aromatic carbocycles. The molecule has 2 amide bonds. The van der Waals surface area contributed by atoms with E-state index in [0.717, 1.165) is 24.0 Å². The number of aromatic hydroxyl groups is 1.